The second kappa shape index (κ2) is 11.9. The van der Waals surface area contributed by atoms with Crippen molar-refractivity contribution in [3.05, 3.63) is 85.2 Å². The summed E-state index contributed by atoms with van der Waals surface area (Å²) in [6.45, 7) is -0.298. The number of rotatable bonds is 8. The molecule has 0 atom stereocenters. The summed E-state index contributed by atoms with van der Waals surface area (Å²) in [6, 6.07) is 13.9. The van der Waals surface area contributed by atoms with E-state index >= 15 is 0 Å². The molecule has 8 nitrogen and oxygen atoms in total. The molecule has 0 spiro atoms. The van der Waals surface area contributed by atoms with E-state index in [2.05, 4.69) is 63.6 Å². The number of furan rings is 1. The Labute approximate surface area is 235 Å². The van der Waals surface area contributed by atoms with Gasteiger partial charge in [0.05, 0.1) is 17.8 Å². The number of carbonyl (C=O) groups is 2. The highest BCUT2D eigenvalue weighted by Gasteiger charge is 2.15. The Bertz CT molecular complexity index is 1510. The molecule has 0 aliphatic carbocycles. The number of carbonyl (C=O) groups excluding carboxylic acids is 2. The number of nitrogens with one attached hydrogen (secondary N) is 2. The molecule has 2 N–H and O–H groups in total. The number of hydrazone groups is 1. The summed E-state index contributed by atoms with van der Waals surface area (Å²) in [5.41, 5.74) is 4.00. The number of anilines is 1. The molecular formula is C25H17Br3FN3O5. The van der Waals surface area contributed by atoms with E-state index < -0.39 is 17.6 Å². The van der Waals surface area contributed by atoms with E-state index in [4.69, 9.17) is 13.9 Å². The average molecular weight is 698 g/mol. The number of fused-ring (bicyclic) bond motifs is 1. The normalized spacial score (nSPS) is 11.1. The lowest BCUT2D eigenvalue weighted by Crippen LogP contribution is -2.20. The van der Waals surface area contributed by atoms with Crippen LogP contribution in [0.15, 0.2) is 77.5 Å². The number of amides is 2. The molecule has 4 aromatic rings. The van der Waals surface area contributed by atoms with E-state index in [0.717, 1.165) is 9.86 Å². The Morgan fingerprint density at radius 2 is 1.78 bits per heavy atom. The van der Waals surface area contributed by atoms with Crippen molar-refractivity contribution in [1.29, 1.82) is 0 Å². The Morgan fingerprint density at radius 3 is 2.51 bits per heavy atom. The van der Waals surface area contributed by atoms with E-state index in [9.17, 15) is 14.0 Å². The lowest BCUT2D eigenvalue weighted by Gasteiger charge is -2.13. The zero-order valence-electron chi connectivity index (χ0n) is 19.0. The summed E-state index contributed by atoms with van der Waals surface area (Å²) in [5.74, 6) is -0.593. The first-order chi connectivity index (χ1) is 17.7. The van der Waals surface area contributed by atoms with Crippen LogP contribution < -0.4 is 20.2 Å². The van der Waals surface area contributed by atoms with Crippen LogP contribution in [0.5, 0.6) is 11.5 Å². The Hall–Kier alpha value is -3.22. The number of halogens is 4. The summed E-state index contributed by atoms with van der Waals surface area (Å²) in [6.07, 6.45) is 1.42. The van der Waals surface area contributed by atoms with Gasteiger partial charge < -0.3 is 19.2 Å². The zero-order valence-corrected chi connectivity index (χ0v) is 23.7. The molecule has 0 saturated heterocycles. The quantitative estimate of drug-likeness (QED) is 0.159. The molecule has 4 rings (SSSR count). The minimum absolute atomic E-state index is 0.102. The van der Waals surface area contributed by atoms with Crippen molar-refractivity contribution < 1.29 is 27.9 Å². The van der Waals surface area contributed by atoms with Gasteiger partial charge in [0, 0.05) is 25.6 Å². The first kappa shape index (κ1) is 26.8. The second-order valence-electron chi connectivity index (χ2n) is 7.48. The van der Waals surface area contributed by atoms with Crippen molar-refractivity contribution in [3.8, 4) is 11.5 Å². The first-order valence-corrected chi connectivity index (χ1v) is 12.9. The van der Waals surface area contributed by atoms with Crippen LogP contribution in [0, 0.1) is 5.82 Å². The maximum Gasteiger partial charge on any atom is 0.307 e. The standard InChI is InChI=1S/C25H17Br3FN3O5/c1-35-20-8-14(11-30-32-25(34)22-7-13-6-15(26)9-19(28)24(13)37-22)18(27)10-21(20)36-12-23(33)31-17-4-2-16(29)3-5-17/h2-11H,12H2,1H3,(H,31,33)(H,32,34)/b30-11-. The van der Waals surface area contributed by atoms with Gasteiger partial charge in [-0.1, -0.05) is 15.9 Å². The Balaban J connectivity index is 1.40. The molecule has 0 bridgehead atoms. The molecule has 190 valence electrons. The van der Waals surface area contributed by atoms with Crippen molar-refractivity contribution in [3.63, 3.8) is 0 Å². The third kappa shape index (κ3) is 6.76. The molecule has 0 unspecified atom stereocenters. The third-order valence-electron chi connectivity index (χ3n) is 4.90. The highest BCUT2D eigenvalue weighted by Crippen LogP contribution is 2.33. The van der Waals surface area contributed by atoms with Crippen LogP contribution in [0.25, 0.3) is 11.0 Å². The second-order valence-corrected chi connectivity index (χ2v) is 10.1. The fourth-order valence-corrected chi connectivity index (χ4v) is 4.96. The SMILES string of the molecule is COc1cc(/C=N\NC(=O)c2cc3cc(Br)cc(Br)c3o2)c(Br)cc1OCC(=O)Nc1ccc(F)cc1. The van der Waals surface area contributed by atoms with Gasteiger partial charge in [-0.2, -0.15) is 5.10 Å². The molecule has 1 aromatic heterocycles. The van der Waals surface area contributed by atoms with E-state index in [1.807, 2.05) is 12.1 Å². The monoisotopic (exact) mass is 695 g/mol. The lowest BCUT2D eigenvalue weighted by atomic mass is 10.2. The molecule has 3 aromatic carbocycles. The molecule has 2 amide bonds. The largest absolute Gasteiger partial charge is 0.493 e. The molecule has 0 saturated carbocycles. The third-order valence-corrected chi connectivity index (χ3v) is 6.63. The van der Waals surface area contributed by atoms with Crippen LogP contribution >= 0.6 is 47.8 Å². The minimum atomic E-state index is -0.523. The smallest absolute Gasteiger partial charge is 0.307 e. The van der Waals surface area contributed by atoms with Gasteiger partial charge in [-0.05, 0) is 86.5 Å². The number of benzene rings is 3. The van der Waals surface area contributed by atoms with Gasteiger partial charge in [0.15, 0.2) is 23.9 Å². The summed E-state index contributed by atoms with van der Waals surface area (Å²) < 4.78 is 31.7. The molecular weight excluding hydrogens is 681 g/mol. The summed E-state index contributed by atoms with van der Waals surface area (Å²) in [5, 5.41) is 7.36. The number of methoxy groups -OCH3 is 1. The fourth-order valence-electron chi connectivity index (χ4n) is 3.20. The number of nitrogens with zero attached hydrogens (tertiary/aromatic N) is 1. The van der Waals surface area contributed by atoms with Crippen LogP contribution in [0.2, 0.25) is 0 Å². The molecule has 1 heterocycles. The van der Waals surface area contributed by atoms with Gasteiger partial charge in [-0.25, -0.2) is 9.82 Å². The Kier molecular flexibility index (Phi) is 8.62. The predicted octanol–water partition coefficient (Wildman–Crippen LogP) is 6.65. The highest BCUT2D eigenvalue weighted by molar-refractivity contribution is 9.11. The van der Waals surface area contributed by atoms with Crippen LogP contribution in [0.3, 0.4) is 0 Å². The molecule has 37 heavy (non-hydrogen) atoms. The van der Waals surface area contributed by atoms with E-state index in [1.165, 1.54) is 37.6 Å². The van der Waals surface area contributed by atoms with Crippen molar-refractivity contribution in [2.75, 3.05) is 19.0 Å². The zero-order chi connectivity index (χ0) is 26.5. The molecule has 12 heteroatoms. The molecule has 0 radical (unpaired) electrons. The highest BCUT2D eigenvalue weighted by atomic mass is 79.9. The van der Waals surface area contributed by atoms with E-state index in [1.54, 1.807) is 18.2 Å². The molecule has 0 fully saturated rings. The van der Waals surface area contributed by atoms with Gasteiger partial charge in [-0.3, -0.25) is 9.59 Å². The fraction of sp³-hybridized carbons (Fsp3) is 0.0800. The van der Waals surface area contributed by atoms with Crippen LogP contribution in [0.4, 0.5) is 10.1 Å². The van der Waals surface area contributed by atoms with Crippen molar-refractivity contribution >= 4 is 82.5 Å². The predicted molar refractivity (Wildman–Crippen MR) is 148 cm³/mol. The topological polar surface area (TPSA) is 102 Å². The van der Waals surface area contributed by atoms with Gasteiger partial charge in [0.2, 0.25) is 0 Å². The molecule has 0 aliphatic rings. The summed E-state index contributed by atoms with van der Waals surface area (Å²) in [4.78, 5) is 24.7. The minimum Gasteiger partial charge on any atom is -0.493 e. The summed E-state index contributed by atoms with van der Waals surface area (Å²) in [7, 11) is 1.45. The van der Waals surface area contributed by atoms with Gasteiger partial charge >= 0.3 is 5.91 Å². The van der Waals surface area contributed by atoms with E-state index in [0.29, 0.717) is 37.3 Å². The maximum absolute atomic E-state index is 13.0. The van der Waals surface area contributed by atoms with Crippen molar-refractivity contribution in [2.45, 2.75) is 0 Å². The van der Waals surface area contributed by atoms with Gasteiger partial charge in [0.25, 0.3) is 5.91 Å². The summed E-state index contributed by atoms with van der Waals surface area (Å²) >= 11 is 10.2. The van der Waals surface area contributed by atoms with Crippen LogP contribution in [0.1, 0.15) is 16.1 Å². The number of hydrogen-bond donors (Lipinski definition) is 2. The van der Waals surface area contributed by atoms with E-state index in [-0.39, 0.29) is 12.4 Å². The maximum atomic E-state index is 13.0. The Morgan fingerprint density at radius 1 is 1.03 bits per heavy atom. The van der Waals surface area contributed by atoms with Gasteiger partial charge in [0.1, 0.15) is 11.4 Å². The first-order valence-electron chi connectivity index (χ1n) is 10.5. The number of hydrogen-bond acceptors (Lipinski definition) is 6. The average Bonchev–Trinajstić information content (AvgIpc) is 3.30. The van der Waals surface area contributed by atoms with Crippen molar-refractivity contribution in [1.82, 2.24) is 5.43 Å². The van der Waals surface area contributed by atoms with Crippen LogP contribution in [-0.2, 0) is 4.79 Å². The van der Waals surface area contributed by atoms with Crippen LogP contribution in [-0.4, -0.2) is 31.7 Å². The van der Waals surface area contributed by atoms with Gasteiger partial charge in [-0.15, -0.1) is 0 Å². The lowest BCUT2D eigenvalue weighted by molar-refractivity contribution is -0.118. The molecule has 0 aliphatic heterocycles. The van der Waals surface area contributed by atoms with Crippen molar-refractivity contribution in [2.24, 2.45) is 5.10 Å². The number of ether oxygens (including phenoxy) is 2.